The van der Waals surface area contributed by atoms with Gasteiger partial charge in [0.1, 0.15) is 0 Å². The Hall–Kier alpha value is -2.09. The van der Waals surface area contributed by atoms with Gasteiger partial charge in [-0.25, -0.2) is 9.18 Å². The number of halogens is 4. The van der Waals surface area contributed by atoms with E-state index >= 15 is 0 Å². The van der Waals surface area contributed by atoms with Gasteiger partial charge in [-0.05, 0) is 23.6 Å². The maximum atomic E-state index is 13.7. The molecule has 3 nitrogen and oxygen atoms in total. The van der Waals surface area contributed by atoms with Gasteiger partial charge in [0.15, 0.2) is 5.82 Å². The van der Waals surface area contributed by atoms with E-state index < -0.39 is 29.3 Å². The molecule has 2 amide bonds. The van der Waals surface area contributed by atoms with Crippen LogP contribution in [0.1, 0.15) is 10.4 Å². The number of hydrogen-bond donors (Lipinski definition) is 2. The molecule has 2 N–H and O–H groups in total. The van der Waals surface area contributed by atoms with E-state index in [9.17, 15) is 22.4 Å². The molecular weight excluding hydrogens is 308 g/mol. The number of amides is 2. The Labute approximate surface area is 121 Å². The van der Waals surface area contributed by atoms with Gasteiger partial charge in [0, 0.05) is 4.88 Å². The fourth-order valence-corrected chi connectivity index (χ4v) is 2.24. The van der Waals surface area contributed by atoms with Crippen LogP contribution < -0.4 is 10.6 Å². The van der Waals surface area contributed by atoms with E-state index in [-0.39, 0.29) is 6.54 Å². The summed E-state index contributed by atoms with van der Waals surface area (Å²) < 4.78 is 51.3. The van der Waals surface area contributed by atoms with Gasteiger partial charge in [-0.3, -0.25) is 0 Å². The lowest BCUT2D eigenvalue weighted by Gasteiger charge is -2.12. The number of alkyl halides is 3. The van der Waals surface area contributed by atoms with Crippen LogP contribution in [0.3, 0.4) is 0 Å². The monoisotopic (exact) mass is 318 g/mol. The number of benzene rings is 1. The first kappa shape index (κ1) is 15.3. The normalized spacial score (nSPS) is 11.2. The molecule has 21 heavy (non-hydrogen) atoms. The second-order valence-electron chi connectivity index (χ2n) is 4.05. The molecule has 0 fully saturated rings. The summed E-state index contributed by atoms with van der Waals surface area (Å²) in [5.74, 6) is -1.50. The number of nitrogens with one attached hydrogen (secondary N) is 2. The third kappa shape index (κ3) is 3.94. The molecule has 0 aliphatic rings. The molecule has 0 atom stereocenters. The van der Waals surface area contributed by atoms with Crippen LogP contribution in [0.2, 0.25) is 0 Å². The highest BCUT2D eigenvalue weighted by molar-refractivity contribution is 7.09. The summed E-state index contributed by atoms with van der Waals surface area (Å²) in [6, 6.07) is 5.52. The van der Waals surface area contributed by atoms with Gasteiger partial charge in [0.2, 0.25) is 0 Å². The Morgan fingerprint density at radius 1 is 1.19 bits per heavy atom. The average molecular weight is 318 g/mol. The molecule has 0 unspecified atom stereocenters. The number of carbonyl (C=O) groups excluding carboxylic acids is 1. The predicted octanol–water partition coefficient (Wildman–Crippen LogP) is 4.23. The van der Waals surface area contributed by atoms with Crippen LogP contribution in [-0.4, -0.2) is 6.03 Å². The highest BCUT2D eigenvalue weighted by atomic mass is 32.1. The lowest BCUT2D eigenvalue weighted by molar-refractivity contribution is -0.139. The van der Waals surface area contributed by atoms with Gasteiger partial charge in [-0.15, -0.1) is 11.3 Å². The molecule has 0 spiro atoms. The van der Waals surface area contributed by atoms with Gasteiger partial charge in [0.05, 0.1) is 17.8 Å². The van der Waals surface area contributed by atoms with Gasteiger partial charge < -0.3 is 10.6 Å². The summed E-state index contributed by atoms with van der Waals surface area (Å²) in [5.41, 5.74) is -1.94. The summed E-state index contributed by atoms with van der Waals surface area (Å²) in [6.07, 6.45) is -4.81. The Bertz CT molecular complexity index is 626. The van der Waals surface area contributed by atoms with Gasteiger partial charge in [-0.1, -0.05) is 12.1 Å². The standard InChI is InChI=1S/C13H10F4N2OS/c14-11-9(13(15,16)17)4-1-5-10(11)19-12(20)18-7-8-3-2-6-21-8/h1-6H,7H2,(H2,18,19,20). The first-order chi connectivity index (χ1) is 9.88. The largest absolute Gasteiger partial charge is 0.419 e. The number of thiophene rings is 1. The summed E-state index contributed by atoms with van der Waals surface area (Å²) in [7, 11) is 0. The maximum absolute atomic E-state index is 13.7. The van der Waals surface area contributed by atoms with E-state index in [1.807, 2.05) is 5.38 Å². The first-order valence-electron chi connectivity index (χ1n) is 5.81. The molecule has 112 valence electrons. The van der Waals surface area contributed by atoms with Gasteiger partial charge in [0.25, 0.3) is 0 Å². The number of hydrogen-bond acceptors (Lipinski definition) is 2. The molecule has 0 aliphatic heterocycles. The molecule has 1 heterocycles. The SMILES string of the molecule is O=C(NCc1cccs1)Nc1cccc(C(F)(F)F)c1F. The Morgan fingerprint density at radius 3 is 2.57 bits per heavy atom. The van der Waals surface area contributed by atoms with E-state index in [1.54, 1.807) is 12.1 Å². The molecule has 0 saturated carbocycles. The summed E-state index contributed by atoms with van der Waals surface area (Å²) >= 11 is 1.41. The zero-order valence-corrected chi connectivity index (χ0v) is 11.3. The molecule has 0 saturated heterocycles. The van der Waals surface area contributed by atoms with Crippen molar-refractivity contribution in [2.45, 2.75) is 12.7 Å². The average Bonchev–Trinajstić information content (AvgIpc) is 2.90. The van der Waals surface area contributed by atoms with E-state index in [1.165, 1.54) is 11.3 Å². The van der Waals surface area contributed by atoms with Crippen LogP contribution in [-0.2, 0) is 12.7 Å². The van der Waals surface area contributed by atoms with Crippen molar-refractivity contribution in [2.24, 2.45) is 0 Å². The van der Waals surface area contributed by atoms with Crippen LogP contribution in [0.5, 0.6) is 0 Å². The molecule has 1 aromatic carbocycles. The Balaban J connectivity index is 2.04. The summed E-state index contributed by atoms with van der Waals surface area (Å²) in [6.45, 7) is 0.212. The number of anilines is 1. The lowest BCUT2D eigenvalue weighted by atomic mass is 10.2. The van der Waals surface area contributed by atoms with Crippen LogP contribution in [0.25, 0.3) is 0 Å². The van der Waals surface area contributed by atoms with Crippen molar-refractivity contribution in [3.8, 4) is 0 Å². The minimum Gasteiger partial charge on any atom is -0.333 e. The molecule has 2 aromatic rings. The van der Waals surface area contributed by atoms with Crippen molar-refractivity contribution in [3.05, 3.63) is 52.0 Å². The first-order valence-corrected chi connectivity index (χ1v) is 6.69. The molecule has 1 aromatic heterocycles. The Kier molecular flexibility index (Phi) is 4.46. The zero-order chi connectivity index (χ0) is 15.5. The minimum absolute atomic E-state index is 0.212. The zero-order valence-electron chi connectivity index (χ0n) is 10.5. The van der Waals surface area contributed by atoms with E-state index in [0.717, 1.165) is 17.0 Å². The fraction of sp³-hybridized carbons (Fsp3) is 0.154. The maximum Gasteiger partial charge on any atom is 0.419 e. The van der Waals surface area contributed by atoms with Crippen LogP contribution in [0.15, 0.2) is 35.7 Å². The Morgan fingerprint density at radius 2 is 1.95 bits per heavy atom. The quantitative estimate of drug-likeness (QED) is 0.817. The van der Waals surface area contributed by atoms with Crippen molar-refractivity contribution in [2.75, 3.05) is 5.32 Å². The smallest absolute Gasteiger partial charge is 0.333 e. The molecule has 2 rings (SSSR count). The van der Waals surface area contributed by atoms with Crippen molar-refractivity contribution in [1.29, 1.82) is 0 Å². The number of urea groups is 1. The second kappa shape index (κ2) is 6.13. The van der Waals surface area contributed by atoms with Crippen molar-refractivity contribution in [1.82, 2.24) is 5.32 Å². The second-order valence-corrected chi connectivity index (χ2v) is 5.08. The van der Waals surface area contributed by atoms with Crippen LogP contribution in [0, 0.1) is 5.82 Å². The predicted molar refractivity (Wildman–Crippen MR) is 71.6 cm³/mol. The van der Waals surface area contributed by atoms with E-state index in [0.29, 0.717) is 6.07 Å². The molecular formula is C13H10F4N2OS. The third-order valence-electron chi connectivity index (χ3n) is 2.56. The highest BCUT2D eigenvalue weighted by Crippen LogP contribution is 2.33. The molecule has 0 aliphatic carbocycles. The van der Waals surface area contributed by atoms with E-state index in [2.05, 4.69) is 10.6 Å². The van der Waals surface area contributed by atoms with Crippen LogP contribution in [0.4, 0.5) is 28.0 Å². The fourth-order valence-electron chi connectivity index (χ4n) is 1.59. The van der Waals surface area contributed by atoms with Crippen molar-refractivity contribution in [3.63, 3.8) is 0 Å². The summed E-state index contributed by atoms with van der Waals surface area (Å²) in [5, 5.41) is 6.32. The van der Waals surface area contributed by atoms with Crippen molar-refractivity contribution < 1.29 is 22.4 Å². The molecule has 0 bridgehead atoms. The van der Waals surface area contributed by atoms with E-state index in [4.69, 9.17) is 0 Å². The number of rotatable bonds is 3. The highest BCUT2D eigenvalue weighted by Gasteiger charge is 2.35. The summed E-state index contributed by atoms with van der Waals surface area (Å²) in [4.78, 5) is 12.4. The topological polar surface area (TPSA) is 41.1 Å². The van der Waals surface area contributed by atoms with Gasteiger partial charge in [-0.2, -0.15) is 13.2 Å². The minimum atomic E-state index is -4.81. The van der Waals surface area contributed by atoms with Crippen molar-refractivity contribution >= 4 is 23.1 Å². The lowest BCUT2D eigenvalue weighted by Crippen LogP contribution is -2.28. The molecule has 8 heteroatoms. The molecule has 0 radical (unpaired) electrons. The third-order valence-corrected chi connectivity index (χ3v) is 3.43. The van der Waals surface area contributed by atoms with Gasteiger partial charge >= 0.3 is 12.2 Å². The van der Waals surface area contributed by atoms with Crippen LogP contribution >= 0.6 is 11.3 Å². The number of carbonyl (C=O) groups is 1.